The molecule has 2 nitrogen and oxygen atoms in total. The number of aromatic nitrogens is 1. The summed E-state index contributed by atoms with van der Waals surface area (Å²) in [5.41, 5.74) is 14.3. The molecule has 2 N–H and O–H groups in total. The third-order valence-electron chi connectivity index (χ3n) is 5.89. The number of nitrogens with two attached hydrogens (primary N) is 1. The van der Waals surface area contributed by atoms with E-state index >= 15 is 0 Å². The predicted molar refractivity (Wildman–Crippen MR) is 153 cm³/mol. The molecule has 0 atom stereocenters. The smallest absolute Gasteiger partial charge is 0.0541 e. The molecule has 0 saturated carbocycles. The first-order valence-corrected chi connectivity index (χ1v) is 12.4. The van der Waals surface area contributed by atoms with Gasteiger partial charge in [0.1, 0.15) is 0 Å². The van der Waals surface area contributed by atoms with Crippen molar-refractivity contribution in [2.24, 2.45) is 5.73 Å². The molecule has 5 rings (SSSR count). The standard InChI is InChI=1S/C30H26N2.C3H8/c1-22-16-19-30-27(20-22)26-14-8-9-15-29(26)32(30)25(18-17-23-10-4-2-5-11-23)21-28(31)24-12-6-3-7-13-24;1-3-2/h2-16,18-21H,17,31H2,1H3;3H2,1-2H3/b25-18+,28-21-;. The van der Waals surface area contributed by atoms with Crippen LogP contribution in [0.4, 0.5) is 0 Å². The summed E-state index contributed by atoms with van der Waals surface area (Å²) in [5.74, 6) is 0. The van der Waals surface area contributed by atoms with Gasteiger partial charge in [0.05, 0.1) is 11.0 Å². The first kappa shape index (κ1) is 24.1. The van der Waals surface area contributed by atoms with Crippen molar-refractivity contribution in [3.8, 4) is 0 Å². The highest BCUT2D eigenvalue weighted by atomic mass is 15.0. The molecule has 5 aromatic rings. The predicted octanol–water partition coefficient (Wildman–Crippen LogP) is 8.60. The molecule has 1 heterocycles. The van der Waals surface area contributed by atoms with E-state index in [1.807, 2.05) is 18.2 Å². The summed E-state index contributed by atoms with van der Waals surface area (Å²) in [6.45, 7) is 6.39. The summed E-state index contributed by atoms with van der Waals surface area (Å²) in [4.78, 5) is 0. The molecule has 0 aliphatic carbocycles. The maximum Gasteiger partial charge on any atom is 0.0541 e. The van der Waals surface area contributed by atoms with Crippen LogP contribution in [0.15, 0.2) is 115 Å². The zero-order valence-electron chi connectivity index (χ0n) is 20.9. The van der Waals surface area contributed by atoms with Crippen molar-refractivity contribution in [2.45, 2.75) is 33.6 Å². The Kier molecular flexibility index (Phi) is 7.84. The van der Waals surface area contributed by atoms with Gasteiger partial charge in [-0.1, -0.05) is 117 Å². The van der Waals surface area contributed by atoms with Gasteiger partial charge < -0.3 is 10.3 Å². The highest BCUT2D eigenvalue weighted by Gasteiger charge is 2.13. The number of benzene rings is 4. The van der Waals surface area contributed by atoms with E-state index in [2.05, 4.69) is 122 Å². The van der Waals surface area contributed by atoms with E-state index in [9.17, 15) is 0 Å². The van der Waals surface area contributed by atoms with Crippen molar-refractivity contribution in [2.75, 3.05) is 0 Å². The second-order valence-corrected chi connectivity index (χ2v) is 8.86. The van der Waals surface area contributed by atoms with Crippen LogP contribution >= 0.6 is 0 Å². The molecule has 0 aliphatic rings. The van der Waals surface area contributed by atoms with Crippen LogP contribution in [0.2, 0.25) is 0 Å². The topological polar surface area (TPSA) is 30.9 Å². The third kappa shape index (κ3) is 5.55. The van der Waals surface area contributed by atoms with Crippen LogP contribution in [0.3, 0.4) is 0 Å². The lowest BCUT2D eigenvalue weighted by atomic mass is 10.1. The third-order valence-corrected chi connectivity index (χ3v) is 5.89. The zero-order chi connectivity index (χ0) is 24.6. The van der Waals surface area contributed by atoms with E-state index in [-0.39, 0.29) is 0 Å². The van der Waals surface area contributed by atoms with E-state index in [4.69, 9.17) is 5.73 Å². The number of hydrogen-bond acceptors (Lipinski definition) is 1. The minimum absolute atomic E-state index is 0.753. The Morgan fingerprint density at radius 2 is 1.34 bits per heavy atom. The van der Waals surface area contributed by atoms with Crippen LogP contribution < -0.4 is 5.73 Å². The second-order valence-electron chi connectivity index (χ2n) is 8.86. The van der Waals surface area contributed by atoms with Crippen LogP contribution in [-0.4, -0.2) is 4.57 Å². The van der Waals surface area contributed by atoms with Gasteiger partial charge in [0.15, 0.2) is 0 Å². The SMILES string of the molecule is CCC.Cc1ccc2c(c1)c1ccccc1n2C(/C=C(\N)c1ccccc1)=C/Cc1ccccc1. The Labute approximate surface area is 209 Å². The highest BCUT2D eigenvalue weighted by Crippen LogP contribution is 2.33. The average molecular weight is 459 g/mol. The van der Waals surface area contributed by atoms with Crippen molar-refractivity contribution in [3.63, 3.8) is 0 Å². The van der Waals surface area contributed by atoms with Crippen LogP contribution in [-0.2, 0) is 6.42 Å². The Balaban J connectivity index is 0.000000917. The monoisotopic (exact) mass is 458 g/mol. The van der Waals surface area contributed by atoms with E-state index in [0.29, 0.717) is 0 Å². The molecule has 4 aromatic carbocycles. The van der Waals surface area contributed by atoms with Crippen LogP contribution in [0, 0.1) is 6.92 Å². The molecule has 0 aliphatic heterocycles. The summed E-state index contributed by atoms with van der Waals surface area (Å²) < 4.78 is 2.34. The molecule has 0 spiro atoms. The van der Waals surface area contributed by atoms with E-state index in [1.165, 1.54) is 39.4 Å². The molecular weight excluding hydrogens is 424 g/mol. The van der Waals surface area contributed by atoms with E-state index in [0.717, 1.165) is 23.4 Å². The maximum absolute atomic E-state index is 6.59. The molecule has 176 valence electrons. The molecule has 0 radical (unpaired) electrons. The number of aryl methyl sites for hydroxylation is 1. The Morgan fingerprint density at radius 1 is 0.743 bits per heavy atom. The number of rotatable bonds is 5. The summed E-state index contributed by atoms with van der Waals surface area (Å²) in [5, 5.41) is 2.52. The zero-order valence-corrected chi connectivity index (χ0v) is 20.9. The summed E-state index contributed by atoms with van der Waals surface area (Å²) in [6.07, 6.45) is 6.45. The van der Waals surface area contributed by atoms with Gasteiger partial charge in [0.2, 0.25) is 0 Å². The van der Waals surface area contributed by atoms with E-state index < -0.39 is 0 Å². The normalized spacial score (nSPS) is 12.0. The molecule has 2 heteroatoms. The minimum atomic E-state index is 0.753. The van der Waals surface area contributed by atoms with Gasteiger partial charge in [-0.05, 0) is 48.7 Å². The van der Waals surface area contributed by atoms with Crippen LogP contribution in [0.25, 0.3) is 33.2 Å². The van der Waals surface area contributed by atoms with Crippen molar-refractivity contribution in [1.29, 1.82) is 0 Å². The molecule has 0 saturated heterocycles. The molecule has 0 bridgehead atoms. The van der Waals surface area contributed by atoms with Crippen molar-refractivity contribution in [1.82, 2.24) is 4.57 Å². The van der Waals surface area contributed by atoms with Gasteiger partial charge in [-0.15, -0.1) is 0 Å². The Morgan fingerprint density at radius 3 is 2.06 bits per heavy atom. The van der Waals surface area contributed by atoms with Gasteiger partial charge in [0, 0.05) is 22.2 Å². The van der Waals surface area contributed by atoms with Gasteiger partial charge in [-0.2, -0.15) is 0 Å². The fourth-order valence-corrected chi connectivity index (χ4v) is 4.29. The number of allylic oxidation sites excluding steroid dienone is 3. The summed E-state index contributed by atoms with van der Waals surface area (Å²) in [6, 6.07) is 36.0. The average Bonchev–Trinajstić information content (AvgIpc) is 3.21. The minimum Gasteiger partial charge on any atom is -0.398 e. The highest BCUT2D eigenvalue weighted by molar-refractivity contribution is 6.10. The number of para-hydroxylation sites is 1. The first-order valence-electron chi connectivity index (χ1n) is 12.4. The second kappa shape index (κ2) is 11.4. The lowest BCUT2D eigenvalue weighted by Gasteiger charge is -2.12. The molecule has 1 aromatic heterocycles. The summed E-state index contributed by atoms with van der Waals surface area (Å²) in [7, 11) is 0. The van der Waals surface area contributed by atoms with Gasteiger partial charge in [-0.25, -0.2) is 0 Å². The van der Waals surface area contributed by atoms with Crippen molar-refractivity contribution >= 4 is 33.2 Å². The molecule has 0 fully saturated rings. The molecular formula is C33H34N2. The quantitative estimate of drug-likeness (QED) is 0.263. The fraction of sp³-hybridized carbons (Fsp3) is 0.152. The van der Waals surface area contributed by atoms with E-state index in [1.54, 1.807) is 0 Å². The van der Waals surface area contributed by atoms with Gasteiger partial charge in [0.25, 0.3) is 0 Å². The number of fused-ring (bicyclic) bond motifs is 3. The maximum atomic E-state index is 6.59. The van der Waals surface area contributed by atoms with Crippen molar-refractivity contribution < 1.29 is 0 Å². The fourth-order valence-electron chi connectivity index (χ4n) is 4.29. The van der Waals surface area contributed by atoms with Crippen LogP contribution in [0.1, 0.15) is 37.0 Å². The first-order chi connectivity index (χ1) is 17.1. The molecule has 0 amide bonds. The van der Waals surface area contributed by atoms with Gasteiger partial charge >= 0.3 is 0 Å². The Hall–Kier alpha value is -4.04. The lowest BCUT2D eigenvalue weighted by Crippen LogP contribution is -2.01. The van der Waals surface area contributed by atoms with Crippen molar-refractivity contribution in [3.05, 3.63) is 132 Å². The van der Waals surface area contributed by atoms with Gasteiger partial charge in [-0.3, -0.25) is 0 Å². The number of nitrogens with zero attached hydrogens (tertiary/aromatic N) is 1. The Bertz CT molecular complexity index is 1460. The largest absolute Gasteiger partial charge is 0.398 e. The van der Waals surface area contributed by atoms with Crippen LogP contribution in [0.5, 0.6) is 0 Å². The number of hydrogen-bond donors (Lipinski definition) is 1. The summed E-state index contributed by atoms with van der Waals surface area (Å²) >= 11 is 0. The molecule has 0 unspecified atom stereocenters. The lowest BCUT2D eigenvalue weighted by molar-refractivity contribution is 1.09. The molecule has 35 heavy (non-hydrogen) atoms.